The molecule has 0 aliphatic carbocycles. The monoisotopic (exact) mass is 271 g/mol. The number of hydrogen-bond acceptors (Lipinski definition) is 4. The highest BCUT2D eigenvalue weighted by Gasteiger charge is 2.28. The number of rotatable bonds is 9. The molecule has 1 heterocycles. The standard InChI is InChI=1S/C14H29N3O2/c1-14(16-2,13(15)18)7-4-5-8-17-9-6-12(10-17)11-19-3/h12,16H,4-11H2,1-3H3,(H2,15,18). The van der Waals surface area contributed by atoms with E-state index in [1.165, 1.54) is 13.0 Å². The normalized spacial score (nSPS) is 23.4. The summed E-state index contributed by atoms with van der Waals surface area (Å²) in [6.07, 6.45) is 4.17. The summed E-state index contributed by atoms with van der Waals surface area (Å²) < 4.78 is 5.20. The van der Waals surface area contributed by atoms with E-state index < -0.39 is 5.54 Å². The van der Waals surface area contributed by atoms with Crippen molar-refractivity contribution < 1.29 is 9.53 Å². The number of nitrogens with two attached hydrogens (primary N) is 1. The van der Waals surface area contributed by atoms with Gasteiger partial charge in [0, 0.05) is 13.7 Å². The topological polar surface area (TPSA) is 67.6 Å². The van der Waals surface area contributed by atoms with Crippen molar-refractivity contribution in [2.75, 3.05) is 40.4 Å². The number of unbranched alkanes of at least 4 members (excludes halogenated alkanes) is 1. The van der Waals surface area contributed by atoms with Crippen LogP contribution in [0.4, 0.5) is 0 Å². The molecule has 5 nitrogen and oxygen atoms in total. The summed E-state index contributed by atoms with van der Waals surface area (Å²) in [5, 5.41) is 3.03. The maximum atomic E-state index is 11.4. The number of likely N-dealkylation sites (N-methyl/N-ethyl adjacent to an activating group) is 1. The Labute approximate surface area is 116 Å². The summed E-state index contributed by atoms with van der Waals surface area (Å²) in [5.41, 5.74) is 4.85. The zero-order chi connectivity index (χ0) is 14.3. The highest BCUT2D eigenvalue weighted by atomic mass is 16.5. The summed E-state index contributed by atoms with van der Waals surface area (Å²) in [5.74, 6) is 0.425. The highest BCUT2D eigenvalue weighted by Crippen LogP contribution is 2.18. The van der Waals surface area contributed by atoms with Crippen LogP contribution < -0.4 is 11.1 Å². The van der Waals surface area contributed by atoms with Crippen molar-refractivity contribution in [1.82, 2.24) is 10.2 Å². The van der Waals surface area contributed by atoms with E-state index in [0.29, 0.717) is 5.92 Å². The second-order valence-electron chi connectivity index (χ2n) is 5.81. The number of carbonyl (C=O) groups is 1. The molecule has 0 aromatic heterocycles. The molecule has 1 rings (SSSR count). The molecule has 3 N–H and O–H groups in total. The lowest BCUT2D eigenvalue weighted by atomic mass is 9.94. The fraction of sp³-hybridized carbons (Fsp3) is 0.929. The summed E-state index contributed by atoms with van der Waals surface area (Å²) in [7, 11) is 3.56. The van der Waals surface area contributed by atoms with E-state index in [0.717, 1.165) is 39.0 Å². The van der Waals surface area contributed by atoms with Gasteiger partial charge in [-0.2, -0.15) is 0 Å². The van der Waals surface area contributed by atoms with Crippen molar-refractivity contribution in [2.24, 2.45) is 11.7 Å². The molecule has 19 heavy (non-hydrogen) atoms. The van der Waals surface area contributed by atoms with E-state index in [4.69, 9.17) is 10.5 Å². The molecular weight excluding hydrogens is 242 g/mol. The van der Waals surface area contributed by atoms with Gasteiger partial charge in [-0.3, -0.25) is 4.79 Å². The minimum absolute atomic E-state index is 0.267. The molecule has 1 saturated heterocycles. The Bertz CT molecular complexity index is 286. The molecule has 1 aliphatic rings. The predicted molar refractivity (Wildman–Crippen MR) is 76.9 cm³/mol. The number of primary amides is 1. The zero-order valence-corrected chi connectivity index (χ0v) is 12.6. The largest absolute Gasteiger partial charge is 0.384 e. The third-order valence-electron chi connectivity index (χ3n) is 4.27. The van der Waals surface area contributed by atoms with Gasteiger partial charge in [0.15, 0.2) is 0 Å². The van der Waals surface area contributed by atoms with Gasteiger partial charge in [0.25, 0.3) is 0 Å². The summed E-state index contributed by atoms with van der Waals surface area (Å²) >= 11 is 0. The Morgan fingerprint density at radius 1 is 1.53 bits per heavy atom. The maximum absolute atomic E-state index is 11.4. The highest BCUT2D eigenvalue weighted by molar-refractivity contribution is 5.84. The van der Waals surface area contributed by atoms with Crippen molar-refractivity contribution in [2.45, 2.75) is 38.1 Å². The lowest BCUT2D eigenvalue weighted by Gasteiger charge is -2.25. The van der Waals surface area contributed by atoms with Crippen molar-refractivity contribution in [3.63, 3.8) is 0 Å². The quantitative estimate of drug-likeness (QED) is 0.602. The van der Waals surface area contributed by atoms with Gasteiger partial charge in [0.05, 0.1) is 12.1 Å². The van der Waals surface area contributed by atoms with Crippen LogP contribution in [-0.2, 0) is 9.53 Å². The molecule has 0 aromatic rings. The van der Waals surface area contributed by atoms with Gasteiger partial charge in [-0.1, -0.05) is 0 Å². The van der Waals surface area contributed by atoms with Crippen LogP contribution in [0.15, 0.2) is 0 Å². The number of nitrogens with zero attached hydrogens (tertiary/aromatic N) is 1. The third kappa shape index (κ3) is 5.09. The predicted octanol–water partition coefficient (Wildman–Crippen LogP) is 0.588. The number of likely N-dealkylation sites (tertiary alicyclic amines) is 1. The van der Waals surface area contributed by atoms with E-state index in [1.54, 1.807) is 14.2 Å². The molecular formula is C14H29N3O2. The average Bonchev–Trinajstić information content (AvgIpc) is 2.82. The summed E-state index contributed by atoms with van der Waals surface area (Å²) in [4.78, 5) is 13.8. The second-order valence-corrected chi connectivity index (χ2v) is 5.81. The van der Waals surface area contributed by atoms with Crippen LogP contribution in [-0.4, -0.2) is 56.7 Å². The van der Waals surface area contributed by atoms with Crippen molar-refractivity contribution in [3.05, 3.63) is 0 Å². The number of nitrogens with one attached hydrogen (secondary N) is 1. The molecule has 0 radical (unpaired) electrons. The van der Waals surface area contributed by atoms with Gasteiger partial charge in [-0.25, -0.2) is 0 Å². The first-order valence-electron chi connectivity index (χ1n) is 7.22. The first-order chi connectivity index (χ1) is 9.01. The van der Waals surface area contributed by atoms with Crippen molar-refractivity contribution in [1.29, 1.82) is 0 Å². The Morgan fingerprint density at radius 2 is 2.26 bits per heavy atom. The molecule has 5 heteroatoms. The van der Waals surface area contributed by atoms with Gasteiger partial charge in [-0.05, 0) is 58.7 Å². The SMILES string of the molecule is CNC(C)(CCCCN1CCC(COC)C1)C(N)=O. The fourth-order valence-electron chi connectivity index (χ4n) is 2.67. The number of carbonyl (C=O) groups excluding carboxylic acids is 1. The molecule has 0 spiro atoms. The lowest BCUT2D eigenvalue weighted by molar-refractivity contribution is -0.123. The molecule has 1 amide bonds. The first-order valence-corrected chi connectivity index (χ1v) is 7.22. The van der Waals surface area contributed by atoms with Crippen molar-refractivity contribution in [3.8, 4) is 0 Å². The molecule has 112 valence electrons. The summed E-state index contributed by atoms with van der Waals surface area (Å²) in [6.45, 7) is 6.18. The number of ether oxygens (including phenoxy) is 1. The first kappa shape index (κ1) is 16.4. The van der Waals surface area contributed by atoms with Gasteiger partial charge < -0.3 is 20.7 Å². The van der Waals surface area contributed by atoms with E-state index in [1.807, 2.05) is 6.92 Å². The Balaban J connectivity index is 2.16. The Hall–Kier alpha value is -0.650. The molecule has 1 aliphatic heterocycles. The zero-order valence-electron chi connectivity index (χ0n) is 12.6. The Kier molecular flexibility index (Phi) is 6.75. The minimum atomic E-state index is -0.566. The smallest absolute Gasteiger partial charge is 0.237 e. The lowest BCUT2D eigenvalue weighted by Crippen LogP contribution is -2.51. The second kappa shape index (κ2) is 7.82. The number of methoxy groups -OCH3 is 1. The van der Waals surface area contributed by atoms with Gasteiger partial charge >= 0.3 is 0 Å². The molecule has 2 atom stereocenters. The van der Waals surface area contributed by atoms with E-state index >= 15 is 0 Å². The maximum Gasteiger partial charge on any atom is 0.237 e. The van der Waals surface area contributed by atoms with Crippen LogP contribution in [0.3, 0.4) is 0 Å². The van der Waals surface area contributed by atoms with E-state index in [2.05, 4.69) is 10.2 Å². The van der Waals surface area contributed by atoms with Gasteiger partial charge in [-0.15, -0.1) is 0 Å². The molecule has 2 unspecified atom stereocenters. The van der Waals surface area contributed by atoms with Crippen LogP contribution in [0.1, 0.15) is 32.6 Å². The Morgan fingerprint density at radius 3 is 2.84 bits per heavy atom. The fourth-order valence-corrected chi connectivity index (χ4v) is 2.67. The minimum Gasteiger partial charge on any atom is -0.384 e. The van der Waals surface area contributed by atoms with Crippen LogP contribution in [0.5, 0.6) is 0 Å². The van der Waals surface area contributed by atoms with Crippen molar-refractivity contribution >= 4 is 5.91 Å². The molecule has 0 bridgehead atoms. The van der Waals surface area contributed by atoms with Crippen LogP contribution in [0, 0.1) is 5.92 Å². The van der Waals surface area contributed by atoms with Gasteiger partial charge in [0.2, 0.25) is 5.91 Å². The molecule has 0 saturated carbocycles. The van der Waals surface area contributed by atoms with Crippen LogP contribution in [0.25, 0.3) is 0 Å². The summed E-state index contributed by atoms with van der Waals surface area (Å²) in [6, 6.07) is 0. The van der Waals surface area contributed by atoms with E-state index in [-0.39, 0.29) is 5.91 Å². The number of hydrogen-bond donors (Lipinski definition) is 2. The third-order valence-corrected chi connectivity index (χ3v) is 4.27. The van der Waals surface area contributed by atoms with Gasteiger partial charge in [0.1, 0.15) is 0 Å². The van der Waals surface area contributed by atoms with Crippen LogP contribution in [0.2, 0.25) is 0 Å². The molecule has 0 aromatic carbocycles. The van der Waals surface area contributed by atoms with E-state index in [9.17, 15) is 4.79 Å². The average molecular weight is 271 g/mol. The van der Waals surface area contributed by atoms with Crippen LogP contribution >= 0.6 is 0 Å². The molecule has 1 fully saturated rings. The number of amides is 1.